The van der Waals surface area contributed by atoms with Crippen LogP contribution in [0.15, 0.2) is 48.5 Å². The number of carbonyl (C=O) groups excluding carboxylic acids is 1. The van der Waals surface area contributed by atoms with Crippen LogP contribution in [0.5, 0.6) is 0 Å². The number of anilines is 1. The van der Waals surface area contributed by atoms with Crippen molar-refractivity contribution in [1.29, 1.82) is 0 Å². The molecule has 1 unspecified atom stereocenters. The van der Waals surface area contributed by atoms with Gasteiger partial charge in [-0.05, 0) is 47.9 Å². The van der Waals surface area contributed by atoms with Gasteiger partial charge in [0.25, 0.3) is 5.69 Å². The van der Waals surface area contributed by atoms with Crippen molar-refractivity contribution in [3.63, 3.8) is 0 Å². The number of hydrogen-bond acceptors (Lipinski definition) is 5. The molecule has 0 bridgehead atoms. The Bertz CT molecular complexity index is 1120. The first-order chi connectivity index (χ1) is 13.9. The van der Waals surface area contributed by atoms with Crippen LogP contribution in [0.3, 0.4) is 0 Å². The van der Waals surface area contributed by atoms with E-state index in [1.54, 1.807) is 29.2 Å². The van der Waals surface area contributed by atoms with Crippen molar-refractivity contribution in [3.05, 3.63) is 75.6 Å². The number of nitro groups is 1. The minimum atomic E-state index is -0.437. The summed E-state index contributed by atoms with van der Waals surface area (Å²) in [7, 11) is 0. The van der Waals surface area contributed by atoms with Crippen molar-refractivity contribution in [1.82, 2.24) is 9.88 Å². The van der Waals surface area contributed by atoms with Gasteiger partial charge in [-0.25, -0.2) is 9.37 Å². The summed E-state index contributed by atoms with van der Waals surface area (Å²) < 4.78 is 13.8. The van der Waals surface area contributed by atoms with Gasteiger partial charge in [0, 0.05) is 37.5 Å². The molecule has 1 aliphatic heterocycles. The smallest absolute Gasteiger partial charge is 0.270 e. The van der Waals surface area contributed by atoms with Gasteiger partial charge < -0.3 is 10.2 Å². The maximum absolute atomic E-state index is 13.8. The van der Waals surface area contributed by atoms with E-state index in [1.807, 2.05) is 0 Å². The van der Waals surface area contributed by atoms with Crippen LogP contribution >= 0.6 is 0 Å². The van der Waals surface area contributed by atoms with Crippen molar-refractivity contribution < 1.29 is 14.1 Å². The minimum Gasteiger partial charge on any atom is -0.363 e. The third-order valence-electron chi connectivity index (χ3n) is 5.18. The van der Waals surface area contributed by atoms with Crippen LogP contribution in [0.4, 0.5) is 15.9 Å². The topological polar surface area (TPSA) is 88.4 Å². The quantitative estimate of drug-likeness (QED) is 0.532. The first-order valence-corrected chi connectivity index (χ1v) is 9.26. The fourth-order valence-corrected chi connectivity index (χ4v) is 3.68. The Kier molecular flexibility index (Phi) is 4.84. The number of rotatable bonds is 3. The molecule has 29 heavy (non-hydrogen) atoms. The minimum absolute atomic E-state index is 0.0176. The van der Waals surface area contributed by atoms with Gasteiger partial charge in [-0.15, -0.1) is 0 Å². The summed E-state index contributed by atoms with van der Waals surface area (Å²) in [5.74, 6) is 0.229. The highest BCUT2D eigenvalue weighted by Crippen LogP contribution is 2.31. The molecule has 8 heteroatoms. The van der Waals surface area contributed by atoms with E-state index in [0.29, 0.717) is 36.2 Å². The van der Waals surface area contributed by atoms with Crippen molar-refractivity contribution >= 4 is 28.3 Å². The Morgan fingerprint density at radius 1 is 1.24 bits per heavy atom. The number of fused-ring (bicyclic) bond motifs is 2. The van der Waals surface area contributed by atoms with Gasteiger partial charge in [0.05, 0.1) is 16.5 Å². The standard InChI is InChI=1S/C21H19FN4O3/c1-13(27)25-9-8-20(18-5-3-16(22)10-15(18)12-25)24-21-7-2-14-11-17(26(28)29)4-6-19(14)23-21/h2-7,10-11,20H,8-9,12H2,1H3,(H,23,24). The molecule has 2 aromatic carbocycles. The van der Waals surface area contributed by atoms with Crippen LogP contribution in [0, 0.1) is 15.9 Å². The van der Waals surface area contributed by atoms with Gasteiger partial charge >= 0.3 is 0 Å². The molecule has 1 atom stereocenters. The zero-order valence-electron chi connectivity index (χ0n) is 15.8. The van der Waals surface area contributed by atoms with E-state index in [-0.39, 0.29) is 23.5 Å². The third-order valence-corrected chi connectivity index (χ3v) is 5.18. The van der Waals surface area contributed by atoms with Crippen LogP contribution < -0.4 is 5.32 Å². The zero-order valence-corrected chi connectivity index (χ0v) is 15.8. The summed E-state index contributed by atoms with van der Waals surface area (Å²) in [4.78, 5) is 28.6. The van der Waals surface area contributed by atoms with E-state index in [2.05, 4.69) is 10.3 Å². The molecule has 0 saturated heterocycles. The number of benzene rings is 2. The highest BCUT2D eigenvalue weighted by Gasteiger charge is 2.24. The van der Waals surface area contributed by atoms with E-state index in [0.717, 1.165) is 11.1 Å². The van der Waals surface area contributed by atoms with Crippen molar-refractivity contribution in [2.24, 2.45) is 0 Å². The molecular formula is C21H19FN4O3. The van der Waals surface area contributed by atoms with Crippen molar-refractivity contribution in [3.8, 4) is 0 Å². The molecule has 1 N–H and O–H groups in total. The summed E-state index contributed by atoms with van der Waals surface area (Å²) in [5, 5.41) is 15.0. The van der Waals surface area contributed by atoms with Gasteiger partial charge in [0.2, 0.25) is 5.91 Å². The summed E-state index contributed by atoms with van der Waals surface area (Å²) in [5.41, 5.74) is 2.36. The predicted molar refractivity (Wildman–Crippen MR) is 107 cm³/mol. The number of halogens is 1. The summed E-state index contributed by atoms with van der Waals surface area (Å²) in [6.07, 6.45) is 0.651. The maximum atomic E-state index is 13.8. The number of hydrogen-bond donors (Lipinski definition) is 1. The van der Waals surface area contributed by atoms with Gasteiger partial charge in [-0.3, -0.25) is 14.9 Å². The number of non-ortho nitro benzene ring substituents is 1. The first-order valence-electron chi connectivity index (χ1n) is 9.26. The average Bonchev–Trinajstić information content (AvgIpc) is 2.86. The molecule has 3 aromatic rings. The Balaban J connectivity index is 1.65. The fraction of sp³-hybridized carbons (Fsp3) is 0.238. The monoisotopic (exact) mass is 394 g/mol. The van der Waals surface area contributed by atoms with Crippen LogP contribution in [0.25, 0.3) is 10.9 Å². The van der Waals surface area contributed by atoms with E-state index in [9.17, 15) is 19.3 Å². The molecule has 4 rings (SSSR count). The molecule has 1 aliphatic rings. The molecule has 2 heterocycles. The number of pyridine rings is 1. The Hall–Kier alpha value is -3.55. The fourth-order valence-electron chi connectivity index (χ4n) is 3.68. The van der Waals surface area contributed by atoms with Gasteiger partial charge in [-0.1, -0.05) is 6.07 Å². The summed E-state index contributed by atoms with van der Waals surface area (Å²) >= 11 is 0. The van der Waals surface area contributed by atoms with Crippen molar-refractivity contribution in [2.75, 3.05) is 11.9 Å². The molecular weight excluding hydrogens is 375 g/mol. The Labute approximate surface area is 166 Å². The van der Waals surface area contributed by atoms with E-state index in [4.69, 9.17) is 0 Å². The highest BCUT2D eigenvalue weighted by atomic mass is 19.1. The maximum Gasteiger partial charge on any atom is 0.270 e. The molecule has 0 radical (unpaired) electrons. The molecule has 1 amide bonds. The number of nitro benzene ring substituents is 1. The number of nitrogens with one attached hydrogen (secondary N) is 1. The normalized spacial score (nSPS) is 16.2. The lowest BCUT2D eigenvalue weighted by Gasteiger charge is -2.20. The second-order valence-corrected chi connectivity index (χ2v) is 7.10. The lowest BCUT2D eigenvalue weighted by atomic mass is 9.99. The Morgan fingerprint density at radius 2 is 2.07 bits per heavy atom. The van der Waals surface area contributed by atoms with E-state index >= 15 is 0 Å². The predicted octanol–water partition coefficient (Wildman–Crippen LogP) is 4.19. The molecule has 7 nitrogen and oxygen atoms in total. The second kappa shape index (κ2) is 7.46. The number of aromatic nitrogens is 1. The van der Waals surface area contributed by atoms with Crippen LogP contribution in [-0.2, 0) is 11.3 Å². The summed E-state index contributed by atoms with van der Waals surface area (Å²) in [6, 6.07) is 12.6. The van der Waals surface area contributed by atoms with Gasteiger partial charge in [0.15, 0.2) is 0 Å². The van der Waals surface area contributed by atoms with E-state index < -0.39 is 4.92 Å². The average molecular weight is 394 g/mol. The first kappa shape index (κ1) is 18.8. The molecule has 0 aliphatic carbocycles. The highest BCUT2D eigenvalue weighted by molar-refractivity contribution is 5.82. The van der Waals surface area contributed by atoms with Gasteiger partial charge in [-0.2, -0.15) is 0 Å². The third kappa shape index (κ3) is 3.87. The zero-order chi connectivity index (χ0) is 20.5. The van der Waals surface area contributed by atoms with E-state index in [1.165, 1.54) is 31.2 Å². The van der Waals surface area contributed by atoms with Crippen LogP contribution in [0.2, 0.25) is 0 Å². The second-order valence-electron chi connectivity index (χ2n) is 7.10. The largest absolute Gasteiger partial charge is 0.363 e. The SMILES string of the molecule is CC(=O)N1CCC(Nc2ccc3cc([N+](=O)[O-])ccc3n2)c2ccc(F)cc2C1. The molecule has 1 aromatic heterocycles. The molecule has 148 valence electrons. The lowest BCUT2D eigenvalue weighted by molar-refractivity contribution is -0.384. The molecule has 0 saturated carbocycles. The van der Waals surface area contributed by atoms with Crippen LogP contribution in [-0.4, -0.2) is 27.3 Å². The van der Waals surface area contributed by atoms with Gasteiger partial charge in [0.1, 0.15) is 11.6 Å². The lowest BCUT2D eigenvalue weighted by Crippen LogP contribution is -2.28. The number of nitrogens with zero attached hydrogens (tertiary/aromatic N) is 3. The van der Waals surface area contributed by atoms with Crippen molar-refractivity contribution in [2.45, 2.75) is 25.9 Å². The molecule has 0 spiro atoms. The summed E-state index contributed by atoms with van der Waals surface area (Å²) in [6.45, 7) is 2.43. The number of amides is 1. The number of carbonyl (C=O) groups is 1. The molecule has 0 fully saturated rings. The van der Waals surface area contributed by atoms with Crippen LogP contribution in [0.1, 0.15) is 30.5 Å². The Morgan fingerprint density at radius 3 is 2.83 bits per heavy atom.